The van der Waals surface area contributed by atoms with Gasteiger partial charge >= 0.3 is 0 Å². The lowest BCUT2D eigenvalue weighted by molar-refractivity contribution is 0.426. The van der Waals surface area contributed by atoms with Crippen LogP contribution in [0.4, 0.5) is 5.69 Å². The molecule has 0 saturated carbocycles. The highest BCUT2D eigenvalue weighted by molar-refractivity contribution is 5.78. The third-order valence-electron chi connectivity index (χ3n) is 4.85. The first kappa shape index (κ1) is 15.2. The molecule has 4 heteroatoms. The zero-order valence-corrected chi connectivity index (χ0v) is 13.5. The van der Waals surface area contributed by atoms with Crippen LogP contribution in [0.25, 0.3) is 0 Å². The van der Waals surface area contributed by atoms with Crippen LogP contribution in [-0.2, 0) is 0 Å². The minimum atomic E-state index is 0.630. The van der Waals surface area contributed by atoms with Gasteiger partial charge in [0.15, 0.2) is 5.96 Å². The van der Waals surface area contributed by atoms with E-state index in [1.165, 1.54) is 37.8 Å². The van der Waals surface area contributed by atoms with Crippen molar-refractivity contribution < 1.29 is 0 Å². The molecule has 4 nitrogen and oxygen atoms in total. The molecule has 3 rings (SSSR count). The van der Waals surface area contributed by atoms with Gasteiger partial charge in [0.1, 0.15) is 0 Å². The molecule has 1 atom stereocenters. The number of rotatable bonds is 3. The van der Waals surface area contributed by atoms with E-state index in [0.29, 0.717) is 5.92 Å². The van der Waals surface area contributed by atoms with E-state index in [9.17, 15) is 0 Å². The number of hydrogen-bond donors (Lipinski definition) is 1. The highest BCUT2D eigenvalue weighted by Crippen LogP contribution is 2.23. The predicted molar refractivity (Wildman–Crippen MR) is 93.3 cm³/mol. The van der Waals surface area contributed by atoms with E-state index in [1.54, 1.807) is 0 Å². The quantitative estimate of drug-likeness (QED) is 0.689. The molecule has 22 heavy (non-hydrogen) atoms. The van der Waals surface area contributed by atoms with Crippen molar-refractivity contribution in [1.29, 1.82) is 0 Å². The van der Waals surface area contributed by atoms with Gasteiger partial charge in [-0.05, 0) is 37.3 Å². The minimum Gasteiger partial charge on any atom is -0.371 e. The lowest BCUT2D eigenvalue weighted by Crippen LogP contribution is -2.38. The van der Waals surface area contributed by atoms with Crippen LogP contribution in [0.1, 0.15) is 32.1 Å². The molecule has 2 heterocycles. The summed E-state index contributed by atoms with van der Waals surface area (Å²) in [6, 6.07) is 10.7. The summed E-state index contributed by atoms with van der Waals surface area (Å²) in [4.78, 5) is 9.43. The number of benzene rings is 1. The zero-order valence-electron chi connectivity index (χ0n) is 13.5. The molecular formula is C18H28N4. The summed E-state index contributed by atoms with van der Waals surface area (Å²) in [6.45, 7) is 5.26. The fourth-order valence-electron chi connectivity index (χ4n) is 3.48. The van der Waals surface area contributed by atoms with E-state index in [-0.39, 0.29) is 0 Å². The largest absolute Gasteiger partial charge is 0.371 e. The van der Waals surface area contributed by atoms with Crippen molar-refractivity contribution in [2.24, 2.45) is 16.6 Å². The fraction of sp³-hybridized carbons (Fsp3) is 0.611. The maximum Gasteiger partial charge on any atom is 0.191 e. The smallest absolute Gasteiger partial charge is 0.191 e. The monoisotopic (exact) mass is 300 g/mol. The Morgan fingerprint density at radius 2 is 1.77 bits per heavy atom. The number of nitrogens with zero attached hydrogens (tertiary/aromatic N) is 3. The molecule has 1 aromatic rings. The predicted octanol–water partition coefficient (Wildman–Crippen LogP) is 2.70. The Hall–Kier alpha value is -1.71. The lowest BCUT2D eigenvalue weighted by atomic mass is 10.1. The molecule has 0 amide bonds. The number of hydrogen-bond acceptors (Lipinski definition) is 2. The molecule has 2 saturated heterocycles. The number of guanidine groups is 1. The van der Waals surface area contributed by atoms with Crippen LogP contribution in [0.15, 0.2) is 35.3 Å². The van der Waals surface area contributed by atoms with Gasteiger partial charge in [0.25, 0.3) is 0 Å². The average molecular weight is 300 g/mol. The molecule has 0 radical (unpaired) electrons. The van der Waals surface area contributed by atoms with Crippen molar-refractivity contribution in [2.75, 3.05) is 37.6 Å². The zero-order chi connectivity index (χ0) is 15.2. The highest BCUT2D eigenvalue weighted by atomic mass is 15.3. The van der Waals surface area contributed by atoms with Crippen LogP contribution < -0.4 is 10.6 Å². The summed E-state index contributed by atoms with van der Waals surface area (Å²) in [5, 5.41) is 0. The van der Waals surface area contributed by atoms with Crippen molar-refractivity contribution in [3.63, 3.8) is 0 Å². The topological polar surface area (TPSA) is 44.9 Å². The van der Waals surface area contributed by atoms with Gasteiger partial charge in [-0.2, -0.15) is 0 Å². The van der Waals surface area contributed by atoms with Crippen molar-refractivity contribution in [2.45, 2.75) is 32.1 Å². The van der Waals surface area contributed by atoms with Gasteiger partial charge in [0.2, 0.25) is 0 Å². The van der Waals surface area contributed by atoms with Gasteiger partial charge in [-0.1, -0.05) is 31.0 Å². The van der Waals surface area contributed by atoms with E-state index in [1.807, 2.05) is 0 Å². The molecular weight excluding hydrogens is 272 g/mol. The Kier molecular flexibility index (Phi) is 5.20. The SMILES string of the molecule is NC(=NCC1CCN(c2ccccc2)C1)N1CCCCCC1. The van der Waals surface area contributed by atoms with Gasteiger partial charge in [-0.15, -0.1) is 0 Å². The second-order valence-corrected chi connectivity index (χ2v) is 6.54. The van der Waals surface area contributed by atoms with Crippen LogP contribution in [0.3, 0.4) is 0 Å². The normalized spacial score (nSPS) is 23.6. The molecule has 2 fully saturated rings. The van der Waals surface area contributed by atoms with Crippen LogP contribution in [0, 0.1) is 5.92 Å². The number of anilines is 1. The summed E-state index contributed by atoms with van der Waals surface area (Å²) < 4.78 is 0. The van der Waals surface area contributed by atoms with Crippen LogP contribution in [0.5, 0.6) is 0 Å². The third kappa shape index (κ3) is 3.93. The number of likely N-dealkylation sites (tertiary alicyclic amines) is 1. The average Bonchev–Trinajstić information content (AvgIpc) is 2.87. The molecule has 2 N–H and O–H groups in total. The van der Waals surface area contributed by atoms with E-state index < -0.39 is 0 Å². The van der Waals surface area contributed by atoms with Gasteiger partial charge in [0.05, 0.1) is 0 Å². The van der Waals surface area contributed by atoms with E-state index >= 15 is 0 Å². The van der Waals surface area contributed by atoms with Crippen molar-refractivity contribution in [3.8, 4) is 0 Å². The van der Waals surface area contributed by atoms with Crippen molar-refractivity contribution in [3.05, 3.63) is 30.3 Å². The van der Waals surface area contributed by atoms with Crippen LogP contribution >= 0.6 is 0 Å². The second kappa shape index (κ2) is 7.52. The molecule has 120 valence electrons. The van der Waals surface area contributed by atoms with Crippen molar-refractivity contribution >= 4 is 11.6 Å². The minimum absolute atomic E-state index is 0.630. The van der Waals surface area contributed by atoms with Gasteiger partial charge in [-0.25, -0.2) is 0 Å². The molecule has 2 aliphatic rings. The van der Waals surface area contributed by atoms with Gasteiger partial charge in [0, 0.05) is 38.4 Å². The maximum atomic E-state index is 6.20. The first-order chi connectivity index (χ1) is 10.8. The number of nitrogens with two attached hydrogens (primary N) is 1. The van der Waals surface area contributed by atoms with Gasteiger partial charge < -0.3 is 15.5 Å². The Morgan fingerprint density at radius 3 is 2.50 bits per heavy atom. The second-order valence-electron chi connectivity index (χ2n) is 6.54. The molecule has 0 aromatic heterocycles. The molecule has 0 spiro atoms. The van der Waals surface area contributed by atoms with Crippen LogP contribution in [0.2, 0.25) is 0 Å². The maximum absolute atomic E-state index is 6.20. The summed E-state index contributed by atoms with van der Waals surface area (Å²) in [5.74, 6) is 1.39. The Labute approximate surface area is 134 Å². The van der Waals surface area contributed by atoms with E-state index in [0.717, 1.165) is 38.7 Å². The standard InChI is InChI=1S/C18H28N4/c19-18(21-11-6-1-2-7-12-21)20-14-16-10-13-22(15-16)17-8-4-3-5-9-17/h3-5,8-9,16H,1-2,6-7,10-15H2,(H2,19,20). The first-order valence-corrected chi connectivity index (χ1v) is 8.68. The molecule has 2 aliphatic heterocycles. The summed E-state index contributed by atoms with van der Waals surface area (Å²) in [5.41, 5.74) is 7.53. The Balaban J connectivity index is 1.50. The highest BCUT2D eigenvalue weighted by Gasteiger charge is 2.22. The van der Waals surface area contributed by atoms with Crippen LogP contribution in [-0.4, -0.2) is 43.6 Å². The summed E-state index contributed by atoms with van der Waals surface area (Å²) >= 11 is 0. The molecule has 0 bridgehead atoms. The third-order valence-corrected chi connectivity index (χ3v) is 4.85. The number of aliphatic imine (C=N–C) groups is 1. The van der Waals surface area contributed by atoms with E-state index in [4.69, 9.17) is 10.7 Å². The summed E-state index contributed by atoms with van der Waals surface area (Å²) in [6.07, 6.45) is 6.38. The number of para-hydroxylation sites is 1. The Morgan fingerprint density at radius 1 is 1.05 bits per heavy atom. The molecule has 1 aromatic carbocycles. The van der Waals surface area contributed by atoms with E-state index in [2.05, 4.69) is 40.1 Å². The molecule has 1 unspecified atom stereocenters. The summed E-state index contributed by atoms with van der Waals surface area (Å²) in [7, 11) is 0. The molecule has 0 aliphatic carbocycles. The van der Waals surface area contributed by atoms with Crippen molar-refractivity contribution in [1.82, 2.24) is 4.90 Å². The first-order valence-electron chi connectivity index (χ1n) is 8.68. The lowest BCUT2D eigenvalue weighted by Gasteiger charge is -2.22. The van der Waals surface area contributed by atoms with Gasteiger partial charge in [-0.3, -0.25) is 4.99 Å². The Bertz CT molecular complexity index is 477. The fourth-order valence-corrected chi connectivity index (χ4v) is 3.48.